The molecule has 0 atom stereocenters. The van der Waals surface area contributed by atoms with Gasteiger partial charge in [0.2, 0.25) is 0 Å². The summed E-state index contributed by atoms with van der Waals surface area (Å²) < 4.78 is 10.5. The lowest BCUT2D eigenvalue weighted by atomic mass is 9.93. The van der Waals surface area contributed by atoms with Crippen molar-refractivity contribution in [3.05, 3.63) is 35.4 Å². The van der Waals surface area contributed by atoms with Gasteiger partial charge in [0.25, 0.3) is 11.8 Å². The molecule has 0 saturated carbocycles. The van der Waals surface area contributed by atoms with Crippen LogP contribution in [-0.4, -0.2) is 36.3 Å². The van der Waals surface area contributed by atoms with Crippen molar-refractivity contribution in [2.75, 3.05) is 13.7 Å². The molecular formula is C17H15NO5. The smallest absolute Gasteiger partial charge is 0.308 e. The molecule has 6 heteroatoms. The molecule has 2 aromatic rings. The number of benzene rings is 2. The van der Waals surface area contributed by atoms with Crippen LogP contribution < -0.4 is 9.47 Å². The van der Waals surface area contributed by atoms with Gasteiger partial charge in [-0.05, 0) is 31.2 Å². The van der Waals surface area contributed by atoms with Crippen LogP contribution in [0.15, 0.2) is 24.3 Å². The molecule has 118 valence electrons. The Kier molecular flexibility index (Phi) is 3.52. The van der Waals surface area contributed by atoms with Crippen molar-refractivity contribution in [2.24, 2.45) is 0 Å². The quantitative estimate of drug-likeness (QED) is 0.494. The van der Waals surface area contributed by atoms with Gasteiger partial charge in [0, 0.05) is 30.0 Å². The maximum absolute atomic E-state index is 12.5. The van der Waals surface area contributed by atoms with E-state index in [1.54, 1.807) is 31.2 Å². The molecule has 1 aliphatic heterocycles. The van der Waals surface area contributed by atoms with Gasteiger partial charge in [0.1, 0.15) is 11.5 Å². The van der Waals surface area contributed by atoms with Crippen molar-refractivity contribution in [2.45, 2.75) is 13.8 Å². The number of esters is 1. The Labute approximate surface area is 132 Å². The monoisotopic (exact) mass is 313 g/mol. The van der Waals surface area contributed by atoms with E-state index in [2.05, 4.69) is 0 Å². The van der Waals surface area contributed by atoms with Crippen LogP contribution in [-0.2, 0) is 4.79 Å². The minimum Gasteiger partial charge on any atom is -0.496 e. The predicted octanol–water partition coefficient (Wildman–Crippen LogP) is 2.39. The average molecular weight is 313 g/mol. The zero-order valence-electron chi connectivity index (χ0n) is 13.0. The SMILES string of the molecule is CCN1C(=O)c2ccc(OC)c3c(OC(C)=O)ccc(c23)C1=O. The van der Waals surface area contributed by atoms with E-state index in [1.807, 2.05) is 0 Å². The van der Waals surface area contributed by atoms with E-state index in [9.17, 15) is 14.4 Å². The minimum absolute atomic E-state index is 0.264. The van der Waals surface area contributed by atoms with Gasteiger partial charge in [-0.2, -0.15) is 0 Å². The average Bonchev–Trinajstić information content (AvgIpc) is 2.53. The van der Waals surface area contributed by atoms with E-state index in [1.165, 1.54) is 18.9 Å². The second kappa shape index (κ2) is 5.39. The molecule has 3 rings (SSSR count). The summed E-state index contributed by atoms with van der Waals surface area (Å²) in [6.07, 6.45) is 0. The summed E-state index contributed by atoms with van der Waals surface area (Å²) in [6, 6.07) is 6.38. The van der Waals surface area contributed by atoms with Crippen LogP contribution in [0.4, 0.5) is 0 Å². The first kappa shape index (κ1) is 15.0. The zero-order chi connectivity index (χ0) is 16.7. The molecule has 0 bridgehead atoms. The molecule has 0 N–H and O–H groups in total. The molecule has 0 saturated heterocycles. The molecule has 0 spiro atoms. The first-order valence-corrected chi connectivity index (χ1v) is 7.17. The van der Waals surface area contributed by atoms with Crippen LogP contribution in [0.1, 0.15) is 34.6 Å². The molecule has 0 aliphatic carbocycles. The van der Waals surface area contributed by atoms with Crippen LogP contribution in [0.2, 0.25) is 0 Å². The van der Waals surface area contributed by atoms with E-state index in [-0.39, 0.29) is 24.1 Å². The van der Waals surface area contributed by atoms with E-state index >= 15 is 0 Å². The Morgan fingerprint density at radius 2 is 1.57 bits per heavy atom. The first-order valence-electron chi connectivity index (χ1n) is 7.17. The standard InChI is InChI=1S/C17H15NO5/c1-4-18-16(20)10-5-7-12(22-3)15-13(23-9(2)19)8-6-11(14(10)15)17(18)21/h5-8H,4H2,1-3H3. The van der Waals surface area contributed by atoms with Gasteiger partial charge in [-0.25, -0.2) is 0 Å². The molecule has 1 aliphatic rings. The lowest BCUT2D eigenvalue weighted by Crippen LogP contribution is -2.40. The van der Waals surface area contributed by atoms with Crippen molar-refractivity contribution in [1.82, 2.24) is 4.90 Å². The molecule has 6 nitrogen and oxygen atoms in total. The Bertz CT molecular complexity index is 833. The summed E-state index contributed by atoms with van der Waals surface area (Å²) in [5.41, 5.74) is 0.789. The topological polar surface area (TPSA) is 72.9 Å². The zero-order valence-corrected chi connectivity index (χ0v) is 13.0. The van der Waals surface area contributed by atoms with Crippen LogP contribution >= 0.6 is 0 Å². The fourth-order valence-corrected chi connectivity index (χ4v) is 2.87. The van der Waals surface area contributed by atoms with E-state index < -0.39 is 5.97 Å². The fraction of sp³-hybridized carbons (Fsp3) is 0.235. The highest BCUT2D eigenvalue weighted by molar-refractivity contribution is 6.27. The van der Waals surface area contributed by atoms with Crippen LogP contribution in [0.3, 0.4) is 0 Å². The number of hydrogen-bond acceptors (Lipinski definition) is 5. The molecular weight excluding hydrogens is 298 g/mol. The van der Waals surface area contributed by atoms with Gasteiger partial charge in [0.15, 0.2) is 0 Å². The largest absolute Gasteiger partial charge is 0.496 e. The molecule has 0 fully saturated rings. The molecule has 0 unspecified atom stereocenters. The van der Waals surface area contributed by atoms with Crippen molar-refractivity contribution in [3.8, 4) is 11.5 Å². The molecule has 0 radical (unpaired) electrons. The van der Waals surface area contributed by atoms with E-state index in [4.69, 9.17) is 9.47 Å². The third-order valence-corrected chi connectivity index (χ3v) is 3.83. The summed E-state index contributed by atoms with van der Waals surface area (Å²) >= 11 is 0. The van der Waals surface area contributed by atoms with Crippen molar-refractivity contribution >= 4 is 28.6 Å². The Morgan fingerprint density at radius 1 is 1.00 bits per heavy atom. The van der Waals surface area contributed by atoms with Crippen LogP contribution in [0.5, 0.6) is 11.5 Å². The van der Waals surface area contributed by atoms with E-state index in [0.29, 0.717) is 27.6 Å². The lowest BCUT2D eigenvalue weighted by molar-refractivity contribution is -0.131. The predicted molar refractivity (Wildman–Crippen MR) is 82.9 cm³/mol. The second-order valence-corrected chi connectivity index (χ2v) is 5.12. The van der Waals surface area contributed by atoms with Gasteiger partial charge in [0.05, 0.1) is 12.5 Å². The normalized spacial score (nSPS) is 13.4. The summed E-state index contributed by atoms with van der Waals surface area (Å²) in [7, 11) is 1.48. The molecule has 1 heterocycles. The Morgan fingerprint density at radius 3 is 2.04 bits per heavy atom. The van der Waals surface area contributed by atoms with Crippen LogP contribution in [0.25, 0.3) is 10.8 Å². The number of methoxy groups -OCH3 is 1. The third-order valence-electron chi connectivity index (χ3n) is 3.83. The highest BCUT2D eigenvalue weighted by Crippen LogP contribution is 2.41. The second-order valence-electron chi connectivity index (χ2n) is 5.12. The minimum atomic E-state index is -0.489. The highest BCUT2D eigenvalue weighted by atomic mass is 16.5. The van der Waals surface area contributed by atoms with Gasteiger partial charge in [-0.15, -0.1) is 0 Å². The number of carbonyl (C=O) groups excluding carboxylic acids is 3. The maximum Gasteiger partial charge on any atom is 0.308 e. The fourth-order valence-electron chi connectivity index (χ4n) is 2.87. The molecule has 2 amide bonds. The van der Waals surface area contributed by atoms with Crippen LogP contribution in [0, 0.1) is 0 Å². The van der Waals surface area contributed by atoms with Gasteiger partial charge in [-0.3, -0.25) is 19.3 Å². The van der Waals surface area contributed by atoms with Gasteiger partial charge in [-0.1, -0.05) is 0 Å². The van der Waals surface area contributed by atoms with Gasteiger partial charge < -0.3 is 9.47 Å². The van der Waals surface area contributed by atoms with Crippen molar-refractivity contribution in [1.29, 1.82) is 0 Å². The van der Waals surface area contributed by atoms with Crippen molar-refractivity contribution in [3.63, 3.8) is 0 Å². The summed E-state index contributed by atoms with van der Waals surface area (Å²) in [5.74, 6) is -0.514. The Balaban J connectivity index is 2.41. The summed E-state index contributed by atoms with van der Waals surface area (Å²) in [4.78, 5) is 37.6. The molecule has 2 aromatic carbocycles. The third kappa shape index (κ3) is 2.14. The summed E-state index contributed by atoms with van der Waals surface area (Å²) in [6.45, 7) is 3.32. The highest BCUT2D eigenvalue weighted by Gasteiger charge is 2.33. The van der Waals surface area contributed by atoms with Gasteiger partial charge >= 0.3 is 5.97 Å². The summed E-state index contributed by atoms with van der Waals surface area (Å²) in [5, 5.41) is 0.915. The maximum atomic E-state index is 12.5. The number of hydrogen-bond donors (Lipinski definition) is 0. The first-order chi connectivity index (χ1) is 11.0. The number of rotatable bonds is 3. The number of ether oxygens (including phenoxy) is 2. The Hall–Kier alpha value is -2.89. The molecule has 0 aromatic heterocycles. The van der Waals surface area contributed by atoms with Crippen molar-refractivity contribution < 1.29 is 23.9 Å². The van der Waals surface area contributed by atoms with E-state index in [0.717, 1.165) is 0 Å². The number of carbonyl (C=O) groups is 3. The number of imide groups is 1. The lowest BCUT2D eigenvalue weighted by Gasteiger charge is -2.27. The number of nitrogens with zero attached hydrogens (tertiary/aromatic N) is 1. The number of amides is 2. The molecule has 23 heavy (non-hydrogen) atoms.